The number of fused-ring (bicyclic) bond motifs is 2. The summed E-state index contributed by atoms with van der Waals surface area (Å²) in [5.41, 5.74) is 0.357. The van der Waals surface area contributed by atoms with Crippen molar-refractivity contribution in [1.82, 2.24) is 14.7 Å². The number of piperidine rings is 1. The Hall–Kier alpha value is -2.57. The van der Waals surface area contributed by atoms with Crippen LogP contribution in [0.5, 0.6) is 0 Å². The molecule has 3 aliphatic rings. The minimum atomic E-state index is -0.469. The van der Waals surface area contributed by atoms with E-state index in [9.17, 15) is 14.4 Å². The molecule has 2 saturated heterocycles. The van der Waals surface area contributed by atoms with Gasteiger partial charge in [-0.3, -0.25) is 9.59 Å². The molecule has 7 heteroatoms. The molecule has 2 atom stereocenters. The number of carbonyl (C=O) groups excluding carboxylic acids is 3. The fourth-order valence-corrected chi connectivity index (χ4v) is 6.08. The summed E-state index contributed by atoms with van der Waals surface area (Å²) in [6.45, 7) is 4.15. The number of hydrogen-bond donors (Lipinski definition) is 1. The second-order valence-electron chi connectivity index (χ2n) is 9.45. The molecule has 0 unspecified atom stereocenters. The minimum absolute atomic E-state index is 0.0272. The highest BCUT2D eigenvalue weighted by Crippen LogP contribution is 2.62. The minimum Gasteiger partial charge on any atom is -0.348 e. The fourth-order valence-electron chi connectivity index (χ4n) is 6.08. The van der Waals surface area contributed by atoms with Crippen LogP contribution in [-0.4, -0.2) is 72.8 Å². The topological polar surface area (TPSA) is 73.0 Å². The van der Waals surface area contributed by atoms with Crippen LogP contribution >= 0.6 is 0 Å². The molecule has 30 heavy (non-hydrogen) atoms. The fraction of sp³-hybridized carbons (Fsp3) is 0.609. The van der Waals surface area contributed by atoms with Crippen molar-refractivity contribution in [1.29, 1.82) is 0 Å². The first-order valence-electron chi connectivity index (χ1n) is 10.9. The predicted molar refractivity (Wildman–Crippen MR) is 115 cm³/mol. The van der Waals surface area contributed by atoms with Crippen LogP contribution in [0, 0.1) is 16.7 Å². The van der Waals surface area contributed by atoms with Crippen molar-refractivity contribution in [3.8, 4) is 0 Å². The van der Waals surface area contributed by atoms with Crippen molar-refractivity contribution < 1.29 is 14.4 Å². The molecule has 1 aromatic carbocycles. The van der Waals surface area contributed by atoms with Gasteiger partial charge >= 0.3 is 6.03 Å². The highest BCUT2D eigenvalue weighted by Gasteiger charge is 2.65. The van der Waals surface area contributed by atoms with E-state index in [4.69, 9.17) is 0 Å². The summed E-state index contributed by atoms with van der Waals surface area (Å²) in [5.74, 6) is 0.366. The maximum absolute atomic E-state index is 13.2. The summed E-state index contributed by atoms with van der Waals surface area (Å²) < 4.78 is 0. The summed E-state index contributed by atoms with van der Waals surface area (Å²) in [6, 6.07) is 9.44. The third-order valence-electron chi connectivity index (χ3n) is 7.70. The molecule has 0 bridgehead atoms. The van der Waals surface area contributed by atoms with Gasteiger partial charge in [0.2, 0.25) is 11.8 Å². The van der Waals surface area contributed by atoms with Crippen LogP contribution in [0.1, 0.15) is 32.6 Å². The van der Waals surface area contributed by atoms with Crippen molar-refractivity contribution in [2.75, 3.05) is 45.6 Å². The van der Waals surface area contributed by atoms with E-state index >= 15 is 0 Å². The summed E-state index contributed by atoms with van der Waals surface area (Å²) in [6.07, 6.45) is 3.59. The number of likely N-dealkylation sites (tertiary alicyclic amines) is 2. The van der Waals surface area contributed by atoms with Gasteiger partial charge in [-0.15, -0.1) is 0 Å². The van der Waals surface area contributed by atoms with Crippen molar-refractivity contribution in [3.05, 3.63) is 30.3 Å². The predicted octanol–water partition coefficient (Wildman–Crippen LogP) is 2.65. The smallest absolute Gasteiger partial charge is 0.321 e. The van der Waals surface area contributed by atoms with Gasteiger partial charge < -0.3 is 20.0 Å². The largest absolute Gasteiger partial charge is 0.348 e. The van der Waals surface area contributed by atoms with E-state index in [0.29, 0.717) is 26.2 Å². The van der Waals surface area contributed by atoms with E-state index in [1.165, 1.54) is 0 Å². The van der Waals surface area contributed by atoms with Gasteiger partial charge in [0.1, 0.15) is 0 Å². The Kier molecular flexibility index (Phi) is 5.24. The van der Waals surface area contributed by atoms with E-state index in [1.54, 1.807) is 11.8 Å². The van der Waals surface area contributed by atoms with Crippen LogP contribution in [0.4, 0.5) is 10.5 Å². The Labute approximate surface area is 178 Å². The number of urea groups is 1. The third kappa shape index (κ3) is 3.34. The second-order valence-corrected chi connectivity index (χ2v) is 9.45. The van der Waals surface area contributed by atoms with Gasteiger partial charge in [0.05, 0.1) is 5.41 Å². The summed E-state index contributed by atoms with van der Waals surface area (Å²) in [5, 5.41) is 2.97. The van der Waals surface area contributed by atoms with E-state index in [1.807, 2.05) is 54.2 Å². The zero-order valence-electron chi connectivity index (χ0n) is 18.2. The second kappa shape index (κ2) is 7.60. The standard InChI is InChI=1S/C23H32N4O3/c1-17(28)27-15-19-22(9-10-23(19,16-27)20(29)25(2)3)11-13-26(14-12-22)21(30)24-18-7-5-4-6-8-18/h4-8,19H,9-16H2,1-3H3,(H,24,30)/t19-,23+/m0/s1. The lowest BCUT2D eigenvalue weighted by atomic mass is 9.65. The Morgan fingerprint density at radius 3 is 2.27 bits per heavy atom. The number of amides is 4. The van der Waals surface area contributed by atoms with Crippen LogP contribution in [0.15, 0.2) is 30.3 Å². The Morgan fingerprint density at radius 2 is 1.67 bits per heavy atom. The van der Waals surface area contributed by atoms with Crippen LogP contribution in [0.25, 0.3) is 0 Å². The lowest BCUT2D eigenvalue weighted by Gasteiger charge is -2.44. The molecule has 1 aliphatic carbocycles. The quantitative estimate of drug-likeness (QED) is 0.812. The van der Waals surface area contributed by atoms with Crippen LogP contribution in [-0.2, 0) is 9.59 Å². The lowest BCUT2D eigenvalue weighted by molar-refractivity contribution is -0.141. The van der Waals surface area contributed by atoms with Crippen molar-refractivity contribution in [3.63, 3.8) is 0 Å². The summed E-state index contributed by atoms with van der Waals surface area (Å²) in [4.78, 5) is 43.5. The number of para-hydroxylation sites is 1. The molecule has 2 heterocycles. The molecule has 1 spiro atoms. The van der Waals surface area contributed by atoms with Gasteiger partial charge in [-0.1, -0.05) is 18.2 Å². The van der Waals surface area contributed by atoms with Gasteiger partial charge in [-0.05, 0) is 49.1 Å². The number of benzene rings is 1. The first-order valence-corrected chi connectivity index (χ1v) is 10.9. The SMILES string of the molecule is CC(=O)N1C[C@H]2C3(CCN(C(=O)Nc4ccccc4)CC3)CC[C@@]2(C(=O)N(C)C)C1. The van der Waals surface area contributed by atoms with Crippen LogP contribution in [0.2, 0.25) is 0 Å². The molecule has 2 aliphatic heterocycles. The molecule has 1 aromatic rings. The molecular formula is C23H32N4O3. The highest BCUT2D eigenvalue weighted by atomic mass is 16.2. The zero-order valence-corrected chi connectivity index (χ0v) is 18.2. The number of rotatable bonds is 2. The van der Waals surface area contributed by atoms with Crippen LogP contribution in [0.3, 0.4) is 0 Å². The first kappa shape index (κ1) is 20.7. The van der Waals surface area contributed by atoms with Gasteiger partial charge in [0, 0.05) is 52.9 Å². The average molecular weight is 413 g/mol. The Morgan fingerprint density at radius 1 is 1.00 bits per heavy atom. The number of nitrogens with one attached hydrogen (secondary N) is 1. The summed E-state index contributed by atoms with van der Waals surface area (Å²) >= 11 is 0. The monoisotopic (exact) mass is 412 g/mol. The van der Waals surface area contributed by atoms with Gasteiger partial charge in [-0.25, -0.2) is 4.79 Å². The maximum Gasteiger partial charge on any atom is 0.321 e. The van der Waals surface area contributed by atoms with E-state index in [-0.39, 0.29) is 29.2 Å². The van der Waals surface area contributed by atoms with Crippen molar-refractivity contribution >= 4 is 23.5 Å². The molecule has 162 valence electrons. The molecule has 0 radical (unpaired) electrons. The lowest BCUT2D eigenvalue weighted by Crippen LogP contribution is -2.50. The average Bonchev–Trinajstić information content (AvgIpc) is 3.26. The van der Waals surface area contributed by atoms with Crippen LogP contribution < -0.4 is 5.32 Å². The van der Waals surface area contributed by atoms with Gasteiger partial charge in [0.25, 0.3) is 0 Å². The Bertz CT molecular complexity index is 832. The van der Waals surface area contributed by atoms with Gasteiger partial charge in [0.15, 0.2) is 0 Å². The Balaban J connectivity index is 1.48. The van der Waals surface area contributed by atoms with Crippen molar-refractivity contribution in [2.24, 2.45) is 16.7 Å². The highest BCUT2D eigenvalue weighted by molar-refractivity contribution is 5.89. The normalized spacial score (nSPS) is 27.1. The van der Waals surface area contributed by atoms with E-state index < -0.39 is 5.41 Å². The molecule has 0 aromatic heterocycles. The molecule has 4 rings (SSSR count). The third-order valence-corrected chi connectivity index (χ3v) is 7.70. The van der Waals surface area contributed by atoms with E-state index in [0.717, 1.165) is 31.4 Å². The molecule has 1 saturated carbocycles. The maximum atomic E-state index is 13.2. The molecule has 3 fully saturated rings. The number of anilines is 1. The van der Waals surface area contributed by atoms with Crippen molar-refractivity contribution in [2.45, 2.75) is 32.6 Å². The molecule has 4 amide bonds. The molecule has 1 N–H and O–H groups in total. The molecule has 7 nitrogen and oxygen atoms in total. The number of nitrogens with zero attached hydrogens (tertiary/aromatic N) is 3. The molecular weight excluding hydrogens is 380 g/mol. The first-order chi connectivity index (χ1) is 14.3. The number of hydrogen-bond acceptors (Lipinski definition) is 3. The van der Waals surface area contributed by atoms with Gasteiger partial charge in [-0.2, -0.15) is 0 Å². The zero-order chi connectivity index (χ0) is 21.5. The number of carbonyl (C=O) groups is 3. The summed E-state index contributed by atoms with van der Waals surface area (Å²) in [7, 11) is 3.62. The van der Waals surface area contributed by atoms with E-state index in [2.05, 4.69) is 5.32 Å².